The third-order valence-electron chi connectivity index (χ3n) is 5.79. The maximum absolute atomic E-state index is 13.0. The van der Waals surface area contributed by atoms with Gasteiger partial charge in [0.25, 0.3) is 5.91 Å². The molecule has 10 heteroatoms. The number of aromatic nitrogens is 1. The number of hydrogen-bond acceptors (Lipinski definition) is 3. The second-order valence-corrected chi connectivity index (χ2v) is 9.38. The molecule has 0 spiro atoms. The molecule has 0 unspecified atom stereocenters. The van der Waals surface area contributed by atoms with Crippen LogP contribution in [0.3, 0.4) is 0 Å². The number of carboxylic acids is 1. The number of hydrogen-bond donors (Lipinski definition) is 1. The van der Waals surface area contributed by atoms with Crippen molar-refractivity contribution in [2.75, 3.05) is 0 Å². The van der Waals surface area contributed by atoms with E-state index in [0.717, 1.165) is 28.5 Å². The molecular formula is C28H23Cl2F3N2O3. The van der Waals surface area contributed by atoms with Crippen LogP contribution >= 0.6 is 23.2 Å². The van der Waals surface area contributed by atoms with E-state index in [-0.39, 0.29) is 17.9 Å². The van der Waals surface area contributed by atoms with Gasteiger partial charge in [-0.05, 0) is 66.9 Å². The molecule has 1 aromatic heterocycles. The normalized spacial score (nSPS) is 12.7. The molecule has 2 atom stereocenters. The van der Waals surface area contributed by atoms with Crippen LogP contribution in [-0.2, 0) is 11.2 Å². The maximum atomic E-state index is 13.0. The van der Waals surface area contributed by atoms with Crippen LogP contribution in [0, 0.1) is 0 Å². The molecule has 5 nitrogen and oxygen atoms in total. The highest BCUT2D eigenvalue weighted by molar-refractivity contribution is 6.30. The monoisotopic (exact) mass is 562 g/mol. The Bertz CT molecular complexity index is 1400. The third kappa shape index (κ3) is 8.19. The number of aromatic amines is 1. The Morgan fingerprint density at radius 2 is 1.53 bits per heavy atom. The predicted octanol–water partition coefficient (Wildman–Crippen LogP) is 5.40. The number of alkyl halides is 3. The first-order valence-corrected chi connectivity index (χ1v) is 12.2. The van der Waals surface area contributed by atoms with Crippen molar-refractivity contribution in [3.8, 4) is 0 Å². The van der Waals surface area contributed by atoms with Crippen molar-refractivity contribution in [3.63, 3.8) is 0 Å². The number of nitrogens with one attached hydrogen (secondary N) is 2. The Labute approximate surface area is 227 Å². The van der Waals surface area contributed by atoms with Crippen molar-refractivity contribution >= 4 is 46.0 Å². The lowest BCUT2D eigenvalue weighted by Gasteiger charge is -2.26. The number of halogens is 5. The highest BCUT2D eigenvalue weighted by Gasteiger charge is 2.28. The fraction of sp³-hybridized carbons (Fsp3) is 0.179. The van der Waals surface area contributed by atoms with Crippen molar-refractivity contribution in [2.24, 2.45) is 0 Å². The predicted molar refractivity (Wildman–Crippen MR) is 138 cm³/mol. The van der Waals surface area contributed by atoms with Gasteiger partial charge in [0.15, 0.2) is 6.20 Å². The van der Waals surface area contributed by atoms with Gasteiger partial charge in [-0.25, -0.2) is 4.98 Å². The second kappa shape index (κ2) is 12.8. The van der Waals surface area contributed by atoms with Crippen molar-refractivity contribution in [3.05, 3.63) is 112 Å². The average Bonchev–Trinajstić information content (AvgIpc) is 2.88. The summed E-state index contributed by atoms with van der Waals surface area (Å²) in [6.45, 7) is 2.04. The zero-order valence-corrected chi connectivity index (χ0v) is 21.6. The van der Waals surface area contributed by atoms with E-state index in [1.54, 1.807) is 0 Å². The standard InChI is InChI=1S/C26H22Cl2N2O.C2HF3O2/c1-17(30-26(31)21-8-13-25-20(16-21)3-2-14-29-25)24(19-6-11-23(28)12-7-19)15-18-4-9-22(27)10-5-18;3-2(4,5)1(6)7/h2-14,16-17,24H,15H2,1H3,(H,30,31);(H,6,7)/t17-,24+;/m1./s1. The molecule has 0 fully saturated rings. The van der Waals surface area contributed by atoms with Crippen molar-refractivity contribution < 1.29 is 32.9 Å². The number of amides is 1. The third-order valence-corrected chi connectivity index (χ3v) is 6.29. The molecule has 0 aliphatic rings. The molecule has 4 aromatic rings. The van der Waals surface area contributed by atoms with Crippen LogP contribution in [0.4, 0.5) is 13.2 Å². The number of carbonyl (C=O) groups is 2. The lowest BCUT2D eigenvalue weighted by molar-refractivity contribution is -0.344. The SMILES string of the molecule is C[C@@H](NC(=O)c1ccc2[nH+]cccc2c1)[C@H](Cc1ccc(Cl)cc1)c1ccc(Cl)cc1.O=C([O-])C(F)(F)F. The lowest BCUT2D eigenvalue weighted by Crippen LogP contribution is -2.38. The molecule has 38 heavy (non-hydrogen) atoms. The molecule has 2 N–H and O–H groups in total. The zero-order valence-electron chi connectivity index (χ0n) is 20.1. The molecule has 0 saturated heterocycles. The highest BCUT2D eigenvalue weighted by Crippen LogP contribution is 2.27. The van der Waals surface area contributed by atoms with E-state index < -0.39 is 12.1 Å². The van der Waals surface area contributed by atoms with E-state index in [4.69, 9.17) is 33.1 Å². The van der Waals surface area contributed by atoms with Crippen molar-refractivity contribution in [1.82, 2.24) is 5.32 Å². The number of rotatable bonds is 6. The average molecular weight is 563 g/mol. The summed E-state index contributed by atoms with van der Waals surface area (Å²) in [5, 5.41) is 14.4. The Hall–Kier alpha value is -3.62. The first-order chi connectivity index (χ1) is 17.9. The van der Waals surface area contributed by atoms with Crippen molar-refractivity contribution in [1.29, 1.82) is 0 Å². The number of H-pyrrole nitrogens is 1. The summed E-state index contributed by atoms with van der Waals surface area (Å²) >= 11 is 12.1. The van der Waals surface area contributed by atoms with E-state index in [1.807, 2.05) is 92.0 Å². The second-order valence-electron chi connectivity index (χ2n) is 8.51. The van der Waals surface area contributed by atoms with Gasteiger partial charge in [0.2, 0.25) is 5.52 Å². The van der Waals surface area contributed by atoms with E-state index in [0.29, 0.717) is 15.6 Å². The quantitative estimate of drug-likeness (QED) is 0.341. The number of aliphatic carboxylic acids is 1. The van der Waals surface area contributed by atoms with E-state index in [2.05, 4.69) is 10.3 Å². The summed E-state index contributed by atoms with van der Waals surface area (Å²) in [6, 6.07) is 25.2. The number of pyridine rings is 1. The molecule has 0 bridgehead atoms. The fourth-order valence-electron chi connectivity index (χ4n) is 3.82. The fourth-order valence-corrected chi connectivity index (χ4v) is 4.07. The molecule has 0 aliphatic carbocycles. The molecule has 4 rings (SSSR count). The molecular weight excluding hydrogens is 540 g/mol. The van der Waals surface area contributed by atoms with E-state index in [1.165, 1.54) is 0 Å². The van der Waals surface area contributed by atoms with E-state index >= 15 is 0 Å². The molecule has 3 aromatic carbocycles. The first kappa shape index (κ1) is 28.9. The van der Waals surface area contributed by atoms with E-state index in [9.17, 15) is 18.0 Å². The van der Waals surface area contributed by atoms with Crippen LogP contribution in [0.25, 0.3) is 10.9 Å². The van der Waals surface area contributed by atoms with Gasteiger partial charge in [-0.1, -0.05) is 47.5 Å². The molecule has 1 heterocycles. The van der Waals surface area contributed by atoms with Crippen LogP contribution < -0.4 is 15.4 Å². The molecule has 0 aliphatic heterocycles. The largest absolute Gasteiger partial charge is 0.542 e. The Kier molecular flexibility index (Phi) is 9.72. The number of carboxylic acid groups (broad SMARTS) is 1. The summed E-state index contributed by atoms with van der Waals surface area (Å²) in [5.74, 6) is -3.02. The summed E-state index contributed by atoms with van der Waals surface area (Å²) in [5.41, 5.74) is 3.92. The minimum absolute atomic E-state index is 0.0798. The van der Waals surface area contributed by atoms with Gasteiger partial charge >= 0.3 is 6.18 Å². The Balaban J connectivity index is 0.000000505. The van der Waals surface area contributed by atoms with Gasteiger partial charge in [0.05, 0.1) is 0 Å². The van der Waals surface area contributed by atoms with Gasteiger partial charge in [0, 0.05) is 45.1 Å². The van der Waals surface area contributed by atoms with Gasteiger partial charge in [-0.2, -0.15) is 13.2 Å². The van der Waals surface area contributed by atoms with Crippen LogP contribution in [-0.4, -0.2) is 24.1 Å². The topological polar surface area (TPSA) is 83.4 Å². The lowest BCUT2D eigenvalue weighted by atomic mass is 9.86. The summed E-state index contributed by atoms with van der Waals surface area (Å²) < 4.78 is 31.5. The molecule has 0 saturated carbocycles. The number of fused-ring (bicyclic) bond motifs is 1. The zero-order chi connectivity index (χ0) is 27.9. The highest BCUT2D eigenvalue weighted by atomic mass is 35.5. The van der Waals surface area contributed by atoms with Crippen LogP contribution in [0.1, 0.15) is 34.3 Å². The van der Waals surface area contributed by atoms with Crippen LogP contribution in [0.15, 0.2) is 85.1 Å². The Morgan fingerprint density at radius 3 is 2.11 bits per heavy atom. The maximum Gasteiger partial charge on any atom is 0.430 e. The minimum Gasteiger partial charge on any atom is -0.542 e. The van der Waals surface area contributed by atoms with Crippen LogP contribution in [0.2, 0.25) is 10.0 Å². The molecule has 0 radical (unpaired) electrons. The molecule has 1 amide bonds. The summed E-state index contributed by atoms with van der Waals surface area (Å²) in [6.07, 6.45) is -2.55. The van der Waals surface area contributed by atoms with Gasteiger partial charge in [0.1, 0.15) is 5.97 Å². The summed E-state index contributed by atoms with van der Waals surface area (Å²) in [7, 11) is 0. The smallest absolute Gasteiger partial charge is 0.430 e. The summed E-state index contributed by atoms with van der Waals surface area (Å²) in [4.78, 5) is 25.0. The number of benzene rings is 3. The number of carbonyl (C=O) groups excluding carboxylic acids is 2. The van der Waals surface area contributed by atoms with Gasteiger partial charge in [-0.3, -0.25) is 4.79 Å². The first-order valence-electron chi connectivity index (χ1n) is 11.4. The minimum atomic E-state index is -5.19. The Morgan fingerprint density at radius 1 is 0.947 bits per heavy atom. The van der Waals surface area contributed by atoms with Crippen molar-refractivity contribution in [2.45, 2.75) is 31.5 Å². The van der Waals surface area contributed by atoms with Gasteiger partial charge in [-0.15, -0.1) is 0 Å². The van der Waals surface area contributed by atoms with Crippen LogP contribution in [0.5, 0.6) is 0 Å². The van der Waals surface area contributed by atoms with Gasteiger partial charge < -0.3 is 15.2 Å². The molecule has 198 valence electrons.